The molecule has 0 saturated heterocycles. The quantitative estimate of drug-likeness (QED) is 0.864. The van der Waals surface area contributed by atoms with Crippen molar-refractivity contribution in [3.63, 3.8) is 0 Å². The number of halogens is 4. The minimum atomic E-state index is -4.62. The van der Waals surface area contributed by atoms with Gasteiger partial charge >= 0.3 is 6.18 Å². The van der Waals surface area contributed by atoms with Crippen molar-refractivity contribution in [2.45, 2.75) is 12.7 Å². The van der Waals surface area contributed by atoms with Crippen molar-refractivity contribution in [1.29, 1.82) is 0 Å². The number of aromatic nitrogens is 2. The Labute approximate surface area is 134 Å². The number of amides is 1. The molecule has 0 aliphatic heterocycles. The maximum atomic E-state index is 12.5. The summed E-state index contributed by atoms with van der Waals surface area (Å²) in [6.45, 7) is -0.163. The summed E-state index contributed by atoms with van der Waals surface area (Å²) in [7, 11) is 0. The summed E-state index contributed by atoms with van der Waals surface area (Å²) in [4.78, 5) is 23.7. The molecule has 5 nitrogen and oxygen atoms in total. The van der Waals surface area contributed by atoms with E-state index >= 15 is 0 Å². The zero-order valence-corrected chi connectivity index (χ0v) is 13.3. The number of hydrogen-bond acceptors (Lipinski definition) is 4. The number of nitrogens with one attached hydrogen (secondary N) is 1. The summed E-state index contributed by atoms with van der Waals surface area (Å²) in [5, 5.41) is 7.49. The van der Waals surface area contributed by atoms with E-state index in [1.54, 1.807) is 11.4 Å². The number of hydrogen-bond donors (Lipinski definition) is 1. The van der Waals surface area contributed by atoms with Crippen LogP contribution in [0.4, 0.5) is 13.2 Å². The van der Waals surface area contributed by atoms with Gasteiger partial charge in [0.1, 0.15) is 0 Å². The number of rotatable bonds is 4. The van der Waals surface area contributed by atoms with Gasteiger partial charge in [-0.3, -0.25) is 9.59 Å². The Bertz CT molecular complexity index is 742. The van der Waals surface area contributed by atoms with Gasteiger partial charge in [-0.15, -0.1) is 11.3 Å². The van der Waals surface area contributed by atoms with E-state index in [1.807, 2.05) is 0 Å². The van der Waals surface area contributed by atoms with Crippen LogP contribution in [0.3, 0.4) is 0 Å². The first-order valence-corrected chi connectivity index (χ1v) is 7.62. The smallest absolute Gasteiger partial charge is 0.349 e. The Balaban J connectivity index is 2.00. The molecule has 0 fully saturated rings. The van der Waals surface area contributed by atoms with Crippen LogP contribution in [0.15, 0.2) is 32.8 Å². The van der Waals surface area contributed by atoms with Crippen LogP contribution in [0.25, 0.3) is 0 Å². The largest absolute Gasteiger partial charge is 0.435 e. The molecular weight excluding hydrogens is 387 g/mol. The van der Waals surface area contributed by atoms with Gasteiger partial charge in [0.05, 0.1) is 11.4 Å². The molecule has 0 aromatic carbocycles. The van der Waals surface area contributed by atoms with Crippen molar-refractivity contribution in [3.8, 4) is 0 Å². The molecular formula is C12H9BrF3N3O2S. The van der Waals surface area contributed by atoms with E-state index in [-0.39, 0.29) is 19.0 Å². The van der Waals surface area contributed by atoms with E-state index < -0.39 is 17.4 Å². The molecule has 10 heteroatoms. The van der Waals surface area contributed by atoms with Gasteiger partial charge in [-0.2, -0.15) is 18.3 Å². The number of nitrogens with zero attached hydrogens (tertiary/aromatic N) is 2. The molecule has 118 valence electrons. The SMILES string of the molecule is O=C(NCCn1nc(C(F)(F)F)ccc1=O)c1cc(Br)cs1. The molecule has 1 amide bonds. The second-order valence-electron chi connectivity index (χ2n) is 4.16. The van der Waals surface area contributed by atoms with Gasteiger partial charge in [0.25, 0.3) is 11.5 Å². The summed E-state index contributed by atoms with van der Waals surface area (Å²) in [5.74, 6) is -0.365. The standard InChI is InChI=1S/C12H9BrF3N3O2S/c13-7-5-8(22-6-7)11(21)17-3-4-19-10(20)2-1-9(18-19)12(14,15)16/h1-2,5-6H,3-4H2,(H,17,21). The molecule has 0 spiro atoms. The van der Waals surface area contributed by atoms with Crippen molar-refractivity contribution in [3.05, 3.63) is 49.0 Å². The fraction of sp³-hybridized carbons (Fsp3) is 0.250. The van der Waals surface area contributed by atoms with Crippen molar-refractivity contribution in [1.82, 2.24) is 15.1 Å². The Hall–Kier alpha value is -1.68. The highest BCUT2D eigenvalue weighted by Gasteiger charge is 2.33. The van der Waals surface area contributed by atoms with Crippen molar-refractivity contribution in [2.24, 2.45) is 0 Å². The average molecular weight is 396 g/mol. The highest BCUT2D eigenvalue weighted by Crippen LogP contribution is 2.26. The van der Waals surface area contributed by atoms with E-state index in [0.29, 0.717) is 15.6 Å². The number of carbonyl (C=O) groups excluding carboxylic acids is 1. The van der Waals surface area contributed by atoms with E-state index in [0.717, 1.165) is 10.5 Å². The van der Waals surface area contributed by atoms with Crippen LogP contribution < -0.4 is 10.9 Å². The van der Waals surface area contributed by atoms with E-state index in [1.165, 1.54) is 11.3 Å². The number of carbonyl (C=O) groups is 1. The fourth-order valence-corrected chi connectivity index (χ4v) is 2.90. The number of thiophene rings is 1. The lowest BCUT2D eigenvalue weighted by molar-refractivity contribution is -0.142. The van der Waals surface area contributed by atoms with Crippen LogP contribution in [0.2, 0.25) is 0 Å². The zero-order valence-electron chi connectivity index (χ0n) is 10.9. The van der Waals surface area contributed by atoms with Crippen LogP contribution in [-0.4, -0.2) is 22.2 Å². The molecule has 0 unspecified atom stereocenters. The van der Waals surface area contributed by atoms with E-state index in [2.05, 4.69) is 26.3 Å². The summed E-state index contributed by atoms with van der Waals surface area (Å²) < 4.78 is 39.0. The first-order valence-electron chi connectivity index (χ1n) is 5.95. The molecule has 2 aromatic heterocycles. The van der Waals surface area contributed by atoms with Gasteiger partial charge < -0.3 is 5.32 Å². The first-order chi connectivity index (χ1) is 10.3. The van der Waals surface area contributed by atoms with Crippen LogP contribution in [0.1, 0.15) is 15.4 Å². The minimum absolute atomic E-state index is 0.0113. The topological polar surface area (TPSA) is 64.0 Å². The molecule has 0 aliphatic carbocycles. The van der Waals surface area contributed by atoms with Gasteiger partial charge in [-0.05, 0) is 28.1 Å². The van der Waals surface area contributed by atoms with Gasteiger partial charge in [-0.1, -0.05) is 0 Å². The predicted octanol–water partition coefficient (Wildman–Crippen LogP) is 2.52. The Morgan fingerprint density at radius 2 is 2.14 bits per heavy atom. The molecule has 0 radical (unpaired) electrons. The van der Waals surface area contributed by atoms with Crippen LogP contribution in [0, 0.1) is 0 Å². The average Bonchev–Trinajstić information content (AvgIpc) is 2.86. The summed E-state index contributed by atoms with van der Waals surface area (Å²) in [6, 6.07) is 3.04. The third-order valence-electron chi connectivity index (χ3n) is 2.56. The monoisotopic (exact) mass is 395 g/mol. The maximum Gasteiger partial charge on any atom is 0.435 e. The molecule has 0 aliphatic rings. The summed E-state index contributed by atoms with van der Waals surface area (Å²) in [5.41, 5.74) is -1.82. The zero-order chi connectivity index (χ0) is 16.3. The molecule has 22 heavy (non-hydrogen) atoms. The molecule has 2 rings (SSSR count). The van der Waals surface area contributed by atoms with Crippen molar-refractivity contribution < 1.29 is 18.0 Å². The maximum absolute atomic E-state index is 12.5. The molecule has 0 saturated carbocycles. The third kappa shape index (κ3) is 4.17. The van der Waals surface area contributed by atoms with Crippen LogP contribution in [-0.2, 0) is 12.7 Å². The molecule has 2 aromatic rings. The molecule has 0 atom stereocenters. The second-order valence-corrected chi connectivity index (χ2v) is 5.99. The van der Waals surface area contributed by atoms with Gasteiger partial charge in [0.15, 0.2) is 5.69 Å². The van der Waals surface area contributed by atoms with E-state index in [9.17, 15) is 22.8 Å². The highest BCUT2D eigenvalue weighted by atomic mass is 79.9. The second kappa shape index (κ2) is 6.61. The number of alkyl halides is 3. The Morgan fingerprint density at radius 1 is 1.41 bits per heavy atom. The molecule has 2 heterocycles. The van der Waals surface area contributed by atoms with E-state index in [4.69, 9.17) is 0 Å². The first kappa shape index (κ1) is 16.7. The lowest BCUT2D eigenvalue weighted by Gasteiger charge is -2.09. The Morgan fingerprint density at radius 3 is 2.73 bits per heavy atom. The molecule has 1 N–H and O–H groups in total. The van der Waals surface area contributed by atoms with Gasteiger partial charge in [0, 0.05) is 22.5 Å². The third-order valence-corrected chi connectivity index (χ3v) is 4.25. The van der Waals surface area contributed by atoms with Gasteiger partial charge in [0.2, 0.25) is 0 Å². The van der Waals surface area contributed by atoms with Crippen LogP contribution in [0.5, 0.6) is 0 Å². The summed E-state index contributed by atoms with van der Waals surface area (Å²) in [6.07, 6.45) is -4.62. The normalized spacial score (nSPS) is 11.5. The van der Waals surface area contributed by atoms with Crippen LogP contribution >= 0.6 is 27.3 Å². The lowest BCUT2D eigenvalue weighted by Crippen LogP contribution is -2.32. The minimum Gasteiger partial charge on any atom is -0.349 e. The molecule has 0 bridgehead atoms. The Kier molecular flexibility index (Phi) is 5.01. The van der Waals surface area contributed by atoms with Crippen molar-refractivity contribution in [2.75, 3.05) is 6.54 Å². The fourth-order valence-electron chi connectivity index (χ4n) is 1.55. The lowest BCUT2D eigenvalue weighted by atomic mass is 10.4. The highest BCUT2D eigenvalue weighted by molar-refractivity contribution is 9.10. The van der Waals surface area contributed by atoms with Gasteiger partial charge in [-0.25, -0.2) is 4.68 Å². The van der Waals surface area contributed by atoms with Crippen molar-refractivity contribution >= 4 is 33.2 Å². The summed E-state index contributed by atoms with van der Waals surface area (Å²) >= 11 is 4.43. The predicted molar refractivity (Wildman–Crippen MR) is 77.9 cm³/mol.